The van der Waals surface area contributed by atoms with Crippen LogP contribution in [0.5, 0.6) is 0 Å². The molecule has 0 bridgehead atoms. The maximum absolute atomic E-state index is 12.4. The minimum atomic E-state index is -0.419. The van der Waals surface area contributed by atoms with Crippen molar-refractivity contribution in [2.24, 2.45) is 0 Å². The van der Waals surface area contributed by atoms with Crippen LogP contribution in [0, 0.1) is 18.3 Å². The summed E-state index contributed by atoms with van der Waals surface area (Å²) >= 11 is 0. The Morgan fingerprint density at radius 1 is 1.04 bits per heavy atom. The summed E-state index contributed by atoms with van der Waals surface area (Å²) in [6, 6.07) is 20.8. The number of aliphatic hydroxyl groups excluding tert-OH is 1. The van der Waals surface area contributed by atoms with Gasteiger partial charge in [-0.3, -0.25) is 0 Å². The highest BCUT2D eigenvalue weighted by Crippen LogP contribution is 2.32. The zero-order chi connectivity index (χ0) is 20.1. The van der Waals surface area contributed by atoms with Gasteiger partial charge in [-0.2, -0.15) is 5.26 Å². The molecule has 0 aliphatic heterocycles. The fourth-order valence-corrected chi connectivity index (χ4v) is 3.21. The van der Waals surface area contributed by atoms with E-state index in [1.165, 1.54) is 0 Å². The molecule has 0 aliphatic rings. The van der Waals surface area contributed by atoms with Crippen LogP contribution in [-0.4, -0.2) is 17.7 Å². The van der Waals surface area contributed by atoms with E-state index in [-0.39, 0.29) is 13.2 Å². The number of nitrogens with zero attached hydrogens (tertiary/aromatic N) is 1. The standard InChI is InChI=1S/C24H21NO3/c1-3-28-24(27)20-12-18(22-7-5-4-6-17(22)15-26)11-19(13-20)23-9-8-16(2)10-21(23)14-25/h4-13,26H,3,15H2,1-2H3. The molecule has 0 atom stereocenters. The molecule has 1 N–H and O–H groups in total. The number of hydrogen-bond donors (Lipinski definition) is 1. The molecule has 0 saturated heterocycles. The van der Waals surface area contributed by atoms with Crippen LogP contribution in [0.2, 0.25) is 0 Å². The Kier molecular flexibility index (Phi) is 5.88. The molecule has 0 unspecified atom stereocenters. The Bertz CT molecular complexity index is 1060. The third kappa shape index (κ3) is 3.95. The first-order valence-electron chi connectivity index (χ1n) is 9.09. The molecule has 0 spiro atoms. The van der Waals surface area contributed by atoms with Gasteiger partial charge in [0.25, 0.3) is 0 Å². The summed E-state index contributed by atoms with van der Waals surface area (Å²) in [5.74, 6) is -0.419. The van der Waals surface area contributed by atoms with Crippen molar-refractivity contribution in [3.05, 3.63) is 82.9 Å². The van der Waals surface area contributed by atoms with Gasteiger partial charge in [-0.25, -0.2) is 4.79 Å². The fraction of sp³-hybridized carbons (Fsp3) is 0.167. The van der Waals surface area contributed by atoms with Crippen molar-refractivity contribution in [2.45, 2.75) is 20.5 Å². The van der Waals surface area contributed by atoms with Crippen LogP contribution in [0.15, 0.2) is 60.7 Å². The summed E-state index contributed by atoms with van der Waals surface area (Å²) in [6.45, 7) is 3.86. The number of ether oxygens (including phenoxy) is 1. The minimum absolute atomic E-state index is 0.108. The Balaban J connectivity index is 2.25. The van der Waals surface area contributed by atoms with E-state index in [1.807, 2.05) is 55.5 Å². The average Bonchev–Trinajstić information content (AvgIpc) is 2.73. The number of aliphatic hydroxyl groups is 1. The third-order valence-electron chi connectivity index (χ3n) is 4.55. The average molecular weight is 371 g/mol. The summed E-state index contributed by atoms with van der Waals surface area (Å²) in [6.07, 6.45) is 0. The molecule has 0 fully saturated rings. The second kappa shape index (κ2) is 8.51. The van der Waals surface area contributed by atoms with E-state index >= 15 is 0 Å². The van der Waals surface area contributed by atoms with Crippen LogP contribution in [0.4, 0.5) is 0 Å². The number of hydrogen-bond acceptors (Lipinski definition) is 4. The topological polar surface area (TPSA) is 70.3 Å². The highest BCUT2D eigenvalue weighted by atomic mass is 16.5. The summed E-state index contributed by atoms with van der Waals surface area (Å²) in [5, 5.41) is 19.3. The smallest absolute Gasteiger partial charge is 0.338 e. The highest BCUT2D eigenvalue weighted by molar-refractivity contribution is 5.94. The molecular formula is C24H21NO3. The first-order valence-corrected chi connectivity index (χ1v) is 9.09. The second-order valence-electron chi connectivity index (χ2n) is 6.50. The first kappa shape index (κ1) is 19.3. The number of esters is 1. The van der Waals surface area contributed by atoms with E-state index in [1.54, 1.807) is 19.1 Å². The molecule has 0 aromatic heterocycles. The molecule has 0 aliphatic carbocycles. The normalized spacial score (nSPS) is 10.4. The zero-order valence-electron chi connectivity index (χ0n) is 15.9. The lowest BCUT2D eigenvalue weighted by atomic mass is 9.91. The number of carbonyl (C=O) groups is 1. The monoisotopic (exact) mass is 371 g/mol. The van der Waals surface area contributed by atoms with Gasteiger partial charge in [0.15, 0.2) is 0 Å². The Morgan fingerprint density at radius 3 is 2.43 bits per heavy atom. The summed E-state index contributed by atoms with van der Waals surface area (Å²) in [7, 11) is 0. The molecule has 140 valence electrons. The van der Waals surface area contributed by atoms with E-state index in [0.29, 0.717) is 11.1 Å². The number of rotatable bonds is 5. The minimum Gasteiger partial charge on any atom is -0.462 e. The van der Waals surface area contributed by atoms with E-state index < -0.39 is 5.97 Å². The molecule has 0 heterocycles. The van der Waals surface area contributed by atoms with Crippen molar-refractivity contribution < 1.29 is 14.6 Å². The number of nitriles is 1. The molecule has 0 radical (unpaired) electrons. The van der Waals surface area contributed by atoms with Crippen LogP contribution in [-0.2, 0) is 11.3 Å². The fourth-order valence-electron chi connectivity index (χ4n) is 3.21. The summed E-state index contributed by atoms with van der Waals surface area (Å²) in [4.78, 5) is 12.4. The summed E-state index contributed by atoms with van der Waals surface area (Å²) < 4.78 is 5.19. The molecule has 3 aromatic carbocycles. The van der Waals surface area contributed by atoms with Crippen molar-refractivity contribution >= 4 is 5.97 Å². The lowest BCUT2D eigenvalue weighted by Gasteiger charge is -2.13. The van der Waals surface area contributed by atoms with Crippen molar-refractivity contribution in [3.8, 4) is 28.3 Å². The van der Waals surface area contributed by atoms with Gasteiger partial charge in [-0.1, -0.05) is 36.4 Å². The van der Waals surface area contributed by atoms with E-state index in [2.05, 4.69) is 6.07 Å². The van der Waals surface area contributed by atoms with Crippen LogP contribution in [0.1, 0.15) is 34.0 Å². The Hall–Kier alpha value is -3.42. The van der Waals surface area contributed by atoms with E-state index in [0.717, 1.165) is 33.4 Å². The van der Waals surface area contributed by atoms with Crippen molar-refractivity contribution in [3.63, 3.8) is 0 Å². The third-order valence-corrected chi connectivity index (χ3v) is 4.55. The van der Waals surface area contributed by atoms with Crippen molar-refractivity contribution in [2.75, 3.05) is 6.61 Å². The van der Waals surface area contributed by atoms with Gasteiger partial charge in [-0.15, -0.1) is 0 Å². The molecule has 4 nitrogen and oxygen atoms in total. The van der Waals surface area contributed by atoms with Gasteiger partial charge in [0, 0.05) is 0 Å². The Labute approximate surface area is 164 Å². The van der Waals surface area contributed by atoms with Gasteiger partial charge in [-0.05, 0) is 71.5 Å². The second-order valence-corrected chi connectivity index (χ2v) is 6.50. The predicted octanol–water partition coefficient (Wildman–Crippen LogP) is 4.87. The number of aryl methyl sites for hydroxylation is 1. The van der Waals surface area contributed by atoms with Gasteiger partial charge in [0.1, 0.15) is 0 Å². The van der Waals surface area contributed by atoms with E-state index in [9.17, 15) is 15.2 Å². The van der Waals surface area contributed by atoms with Gasteiger partial charge < -0.3 is 9.84 Å². The van der Waals surface area contributed by atoms with Crippen LogP contribution >= 0.6 is 0 Å². The molecule has 0 amide bonds. The maximum Gasteiger partial charge on any atom is 0.338 e. The van der Waals surface area contributed by atoms with Gasteiger partial charge in [0.05, 0.1) is 30.4 Å². The molecule has 28 heavy (non-hydrogen) atoms. The molecule has 0 saturated carbocycles. The lowest BCUT2D eigenvalue weighted by Crippen LogP contribution is -2.05. The van der Waals surface area contributed by atoms with E-state index in [4.69, 9.17) is 4.74 Å². The van der Waals surface area contributed by atoms with Crippen molar-refractivity contribution in [1.29, 1.82) is 5.26 Å². The SMILES string of the molecule is CCOC(=O)c1cc(-c2ccc(C)cc2C#N)cc(-c2ccccc2CO)c1. The largest absolute Gasteiger partial charge is 0.462 e. The number of carbonyl (C=O) groups excluding carboxylic acids is 1. The molecular weight excluding hydrogens is 350 g/mol. The van der Waals surface area contributed by atoms with Gasteiger partial charge in [0.2, 0.25) is 0 Å². The highest BCUT2D eigenvalue weighted by Gasteiger charge is 2.15. The summed E-state index contributed by atoms with van der Waals surface area (Å²) in [5.41, 5.74) is 5.84. The van der Waals surface area contributed by atoms with Gasteiger partial charge >= 0.3 is 5.97 Å². The van der Waals surface area contributed by atoms with Crippen molar-refractivity contribution in [1.82, 2.24) is 0 Å². The lowest BCUT2D eigenvalue weighted by molar-refractivity contribution is 0.0526. The zero-order valence-corrected chi connectivity index (χ0v) is 15.9. The van der Waals surface area contributed by atoms with Crippen LogP contribution in [0.3, 0.4) is 0 Å². The molecule has 3 rings (SSSR count). The molecule has 4 heteroatoms. The maximum atomic E-state index is 12.4. The number of benzene rings is 3. The quantitative estimate of drug-likeness (QED) is 0.650. The molecule has 3 aromatic rings. The van der Waals surface area contributed by atoms with Crippen LogP contribution in [0.25, 0.3) is 22.3 Å². The van der Waals surface area contributed by atoms with Crippen LogP contribution < -0.4 is 0 Å². The first-order chi connectivity index (χ1) is 13.6. The Morgan fingerprint density at radius 2 is 1.75 bits per heavy atom. The predicted molar refractivity (Wildman–Crippen MR) is 109 cm³/mol.